The van der Waals surface area contributed by atoms with Crippen LogP contribution in [0.3, 0.4) is 0 Å². The summed E-state index contributed by atoms with van der Waals surface area (Å²) in [6.45, 7) is 2.01. The van der Waals surface area contributed by atoms with Crippen LogP contribution in [0.5, 0.6) is 11.5 Å². The van der Waals surface area contributed by atoms with E-state index < -0.39 is 0 Å². The molecule has 0 saturated carbocycles. The second-order valence-corrected chi connectivity index (χ2v) is 6.04. The quantitative estimate of drug-likeness (QED) is 0.744. The summed E-state index contributed by atoms with van der Waals surface area (Å²) in [7, 11) is 0. The predicted molar refractivity (Wildman–Crippen MR) is 94.3 cm³/mol. The molecule has 1 amide bonds. The van der Waals surface area contributed by atoms with E-state index in [1.54, 1.807) is 30.3 Å². The van der Waals surface area contributed by atoms with Crippen molar-refractivity contribution in [3.8, 4) is 22.8 Å². The Balaban J connectivity index is 1.65. The molecule has 1 aliphatic rings. The van der Waals surface area contributed by atoms with E-state index in [9.17, 15) is 4.79 Å². The molecule has 126 valence electrons. The van der Waals surface area contributed by atoms with Crippen molar-refractivity contribution in [3.63, 3.8) is 0 Å². The third kappa shape index (κ3) is 2.92. The number of aromatic nitrogens is 2. The maximum absolute atomic E-state index is 12.6. The van der Waals surface area contributed by atoms with Crippen LogP contribution >= 0.6 is 11.6 Å². The Morgan fingerprint density at radius 3 is 2.88 bits per heavy atom. The fraction of sp³-hybridized carbons (Fsp3) is 0.111. The summed E-state index contributed by atoms with van der Waals surface area (Å²) < 4.78 is 10.6. The summed E-state index contributed by atoms with van der Waals surface area (Å²) >= 11 is 6.06. The van der Waals surface area contributed by atoms with Crippen LogP contribution in [-0.4, -0.2) is 22.9 Å². The largest absolute Gasteiger partial charge is 0.454 e. The lowest BCUT2D eigenvalue weighted by atomic mass is 10.1. The molecule has 3 aromatic rings. The number of benzene rings is 2. The molecule has 0 unspecified atom stereocenters. The maximum atomic E-state index is 12.6. The van der Waals surface area contributed by atoms with E-state index in [2.05, 4.69) is 15.5 Å². The van der Waals surface area contributed by atoms with Gasteiger partial charge in [0.15, 0.2) is 11.5 Å². The van der Waals surface area contributed by atoms with Crippen LogP contribution in [0.25, 0.3) is 11.3 Å². The Kier molecular flexibility index (Phi) is 3.82. The number of fused-ring (bicyclic) bond motifs is 1. The van der Waals surface area contributed by atoms with Gasteiger partial charge in [0, 0.05) is 16.1 Å². The molecule has 0 fully saturated rings. The zero-order valence-electron chi connectivity index (χ0n) is 13.3. The van der Waals surface area contributed by atoms with Crippen molar-refractivity contribution < 1.29 is 14.3 Å². The molecule has 2 N–H and O–H groups in total. The molecule has 0 atom stereocenters. The summed E-state index contributed by atoms with van der Waals surface area (Å²) in [6.07, 6.45) is 0. The number of aromatic amines is 1. The number of H-pyrrole nitrogens is 1. The van der Waals surface area contributed by atoms with Crippen molar-refractivity contribution in [2.24, 2.45) is 0 Å². The molecule has 0 radical (unpaired) electrons. The number of nitrogens with zero attached hydrogens (tertiary/aromatic N) is 1. The van der Waals surface area contributed by atoms with E-state index >= 15 is 0 Å². The maximum Gasteiger partial charge on any atom is 0.255 e. The topological polar surface area (TPSA) is 76.2 Å². The van der Waals surface area contributed by atoms with Crippen molar-refractivity contribution in [1.82, 2.24) is 10.2 Å². The highest BCUT2D eigenvalue weighted by Crippen LogP contribution is 2.34. The molecule has 0 spiro atoms. The first-order valence-electron chi connectivity index (χ1n) is 7.64. The minimum atomic E-state index is -0.258. The molecule has 0 saturated heterocycles. The third-order valence-corrected chi connectivity index (χ3v) is 4.15. The first-order chi connectivity index (χ1) is 12.1. The van der Waals surface area contributed by atoms with Crippen LogP contribution in [0.15, 0.2) is 42.5 Å². The number of amides is 1. The third-order valence-electron chi connectivity index (χ3n) is 3.92. The Labute approximate surface area is 148 Å². The van der Waals surface area contributed by atoms with E-state index in [4.69, 9.17) is 21.1 Å². The van der Waals surface area contributed by atoms with Crippen LogP contribution in [0, 0.1) is 6.92 Å². The molecule has 7 heteroatoms. The van der Waals surface area contributed by atoms with Gasteiger partial charge in [-0.25, -0.2) is 0 Å². The van der Waals surface area contributed by atoms with E-state index in [-0.39, 0.29) is 12.7 Å². The molecule has 25 heavy (non-hydrogen) atoms. The summed E-state index contributed by atoms with van der Waals surface area (Å²) in [4.78, 5) is 12.6. The summed E-state index contributed by atoms with van der Waals surface area (Å²) in [5, 5.41) is 10.7. The molecule has 0 bridgehead atoms. The van der Waals surface area contributed by atoms with Crippen LogP contribution in [0.1, 0.15) is 16.1 Å². The molecular formula is C18H14ClN3O3. The van der Waals surface area contributed by atoms with Gasteiger partial charge in [-0.3, -0.25) is 9.89 Å². The fourth-order valence-electron chi connectivity index (χ4n) is 2.65. The predicted octanol–water partition coefficient (Wildman–Crippen LogP) is 4.02. The zero-order valence-corrected chi connectivity index (χ0v) is 14.1. The van der Waals surface area contributed by atoms with Gasteiger partial charge in [-0.2, -0.15) is 5.10 Å². The average molecular weight is 356 g/mol. The minimum absolute atomic E-state index is 0.167. The normalized spacial score (nSPS) is 12.2. The first kappa shape index (κ1) is 15.5. The lowest BCUT2D eigenvalue weighted by Crippen LogP contribution is -2.12. The highest BCUT2D eigenvalue weighted by Gasteiger charge is 2.19. The number of carbonyl (C=O) groups excluding carboxylic acids is 1. The molecular weight excluding hydrogens is 342 g/mol. The van der Waals surface area contributed by atoms with Gasteiger partial charge < -0.3 is 14.8 Å². The van der Waals surface area contributed by atoms with Gasteiger partial charge in [0.05, 0.1) is 11.4 Å². The molecule has 1 aromatic heterocycles. The highest BCUT2D eigenvalue weighted by molar-refractivity contribution is 6.30. The van der Waals surface area contributed by atoms with Crippen molar-refractivity contribution in [3.05, 3.63) is 58.7 Å². The minimum Gasteiger partial charge on any atom is -0.454 e. The number of anilines is 1. The standard InChI is InChI=1S/C18H14ClN3O3/c1-10-16(17(22-21-10)11-3-2-4-13(19)7-11)20-18(23)12-5-6-14-15(8-12)25-9-24-14/h2-8H,9H2,1H3,(H,20,23)(H,21,22). The molecule has 2 heterocycles. The number of hydrogen-bond donors (Lipinski definition) is 2. The summed E-state index contributed by atoms with van der Waals surface area (Å²) in [5.74, 6) is 0.938. The number of nitrogens with one attached hydrogen (secondary N) is 2. The van der Waals surface area contributed by atoms with E-state index in [1.165, 1.54) is 0 Å². The van der Waals surface area contributed by atoms with E-state index in [0.717, 1.165) is 11.3 Å². The number of carbonyl (C=O) groups is 1. The molecule has 6 nitrogen and oxygen atoms in total. The SMILES string of the molecule is Cc1[nH]nc(-c2cccc(Cl)c2)c1NC(=O)c1ccc2c(c1)OCO2. The second-order valence-electron chi connectivity index (χ2n) is 5.60. The monoisotopic (exact) mass is 355 g/mol. The fourth-order valence-corrected chi connectivity index (χ4v) is 2.84. The van der Waals surface area contributed by atoms with Crippen molar-refractivity contribution in [1.29, 1.82) is 0 Å². The second kappa shape index (κ2) is 6.14. The van der Waals surface area contributed by atoms with Crippen LogP contribution in [0.2, 0.25) is 5.02 Å². The van der Waals surface area contributed by atoms with Gasteiger partial charge >= 0.3 is 0 Å². The number of halogens is 1. The first-order valence-corrected chi connectivity index (χ1v) is 8.01. The Hall–Kier alpha value is -2.99. The van der Waals surface area contributed by atoms with Crippen molar-refractivity contribution in [2.75, 3.05) is 12.1 Å². The van der Waals surface area contributed by atoms with E-state index in [0.29, 0.717) is 33.5 Å². The highest BCUT2D eigenvalue weighted by atomic mass is 35.5. The zero-order chi connectivity index (χ0) is 17.4. The van der Waals surface area contributed by atoms with Gasteiger partial charge in [0.2, 0.25) is 6.79 Å². The van der Waals surface area contributed by atoms with E-state index in [1.807, 2.05) is 19.1 Å². The van der Waals surface area contributed by atoms with Gasteiger partial charge in [-0.1, -0.05) is 23.7 Å². The average Bonchev–Trinajstić information content (AvgIpc) is 3.21. The van der Waals surface area contributed by atoms with Gasteiger partial charge in [0.25, 0.3) is 5.91 Å². The number of rotatable bonds is 3. The Morgan fingerprint density at radius 1 is 1.20 bits per heavy atom. The van der Waals surface area contributed by atoms with Crippen molar-refractivity contribution >= 4 is 23.2 Å². The Bertz CT molecular complexity index is 968. The van der Waals surface area contributed by atoms with Crippen molar-refractivity contribution in [2.45, 2.75) is 6.92 Å². The lowest BCUT2D eigenvalue weighted by molar-refractivity contribution is 0.102. The number of hydrogen-bond acceptors (Lipinski definition) is 4. The molecule has 2 aromatic carbocycles. The van der Waals surface area contributed by atoms with Crippen LogP contribution < -0.4 is 14.8 Å². The lowest BCUT2D eigenvalue weighted by Gasteiger charge is -2.08. The summed E-state index contributed by atoms with van der Waals surface area (Å²) in [6, 6.07) is 12.4. The number of ether oxygens (including phenoxy) is 2. The smallest absolute Gasteiger partial charge is 0.255 e. The molecule has 0 aliphatic carbocycles. The van der Waals surface area contributed by atoms with Crippen LogP contribution in [-0.2, 0) is 0 Å². The van der Waals surface area contributed by atoms with Gasteiger partial charge in [-0.15, -0.1) is 0 Å². The van der Waals surface area contributed by atoms with Gasteiger partial charge in [0.1, 0.15) is 5.69 Å². The van der Waals surface area contributed by atoms with Gasteiger partial charge in [-0.05, 0) is 37.3 Å². The Morgan fingerprint density at radius 2 is 2.04 bits per heavy atom. The van der Waals surface area contributed by atoms with Crippen LogP contribution in [0.4, 0.5) is 5.69 Å². The summed E-state index contributed by atoms with van der Waals surface area (Å²) in [5.41, 5.74) is 3.29. The molecule has 1 aliphatic heterocycles. The number of aryl methyl sites for hydroxylation is 1. The molecule has 4 rings (SSSR count).